The lowest BCUT2D eigenvalue weighted by atomic mass is 10.1. The smallest absolute Gasteiger partial charge is 0.271 e. The van der Waals surface area contributed by atoms with Crippen molar-refractivity contribution in [1.82, 2.24) is 9.55 Å². The normalized spacial score (nSPS) is 16.1. The summed E-state index contributed by atoms with van der Waals surface area (Å²) in [6, 6.07) is 0. The Hall–Kier alpha value is -1.56. The number of imidazole rings is 1. The first kappa shape index (κ1) is 9.97. The van der Waals surface area contributed by atoms with Crippen molar-refractivity contribution in [1.29, 1.82) is 0 Å². The van der Waals surface area contributed by atoms with Crippen molar-refractivity contribution in [2.75, 3.05) is 0 Å². The molecule has 0 aliphatic heterocycles. The number of rotatable bonds is 1. The van der Waals surface area contributed by atoms with Crippen LogP contribution < -0.4 is 0 Å². The van der Waals surface area contributed by atoms with Crippen LogP contribution >= 0.6 is 0 Å². The van der Waals surface area contributed by atoms with Gasteiger partial charge in [-0.25, -0.2) is 4.98 Å². The van der Waals surface area contributed by atoms with E-state index in [0.717, 1.165) is 12.8 Å². The predicted molar refractivity (Wildman–Crippen MR) is 57.3 cm³/mol. The van der Waals surface area contributed by atoms with Crippen LogP contribution in [0, 0.1) is 17.8 Å². The topological polar surface area (TPSA) is 34.9 Å². The van der Waals surface area contributed by atoms with Crippen LogP contribution in [0.15, 0.2) is 12.4 Å². The number of carbonyl (C=O) groups is 1. The Balaban J connectivity index is 2.06. The SMILES string of the molecule is Cn1ccnc1C(=O)C#CC1CCCC1. The van der Waals surface area contributed by atoms with E-state index < -0.39 is 0 Å². The molecule has 0 aromatic carbocycles. The summed E-state index contributed by atoms with van der Waals surface area (Å²) >= 11 is 0. The average molecular weight is 202 g/mol. The summed E-state index contributed by atoms with van der Waals surface area (Å²) in [5.41, 5.74) is 0. The van der Waals surface area contributed by atoms with Crippen molar-refractivity contribution in [3.05, 3.63) is 18.2 Å². The molecule has 1 aromatic heterocycles. The van der Waals surface area contributed by atoms with E-state index >= 15 is 0 Å². The molecule has 0 spiro atoms. The van der Waals surface area contributed by atoms with Crippen LogP contribution in [0.25, 0.3) is 0 Å². The minimum absolute atomic E-state index is 0.172. The van der Waals surface area contributed by atoms with Crippen LogP contribution in [-0.4, -0.2) is 15.3 Å². The zero-order valence-electron chi connectivity index (χ0n) is 8.86. The van der Waals surface area contributed by atoms with Crippen molar-refractivity contribution in [2.24, 2.45) is 13.0 Å². The van der Waals surface area contributed by atoms with E-state index in [0.29, 0.717) is 11.7 Å². The number of aryl methyl sites for hydroxylation is 1. The van der Waals surface area contributed by atoms with Crippen LogP contribution in [0.2, 0.25) is 0 Å². The minimum atomic E-state index is -0.172. The fourth-order valence-electron chi connectivity index (χ4n) is 1.88. The van der Waals surface area contributed by atoms with Gasteiger partial charge in [-0.15, -0.1) is 0 Å². The molecule has 0 unspecified atom stereocenters. The second-order valence-electron chi connectivity index (χ2n) is 3.94. The van der Waals surface area contributed by atoms with Gasteiger partial charge in [-0.3, -0.25) is 4.79 Å². The van der Waals surface area contributed by atoms with Crippen LogP contribution in [0.3, 0.4) is 0 Å². The van der Waals surface area contributed by atoms with Crippen LogP contribution in [0.1, 0.15) is 36.3 Å². The first-order valence-corrected chi connectivity index (χ1v) is 5.30. The van der Waals surface area contributed by atoms with Gasteiger partial charge >= 0.3 is 0 Å². The third-order valence-electron chi connectivity index (χ3n) is 2.77. The standard InChI is InChI=1S/C12H14N2O/c1-14-9-8-13-12(14)11(15)7-6-10-4-2-3-5-10/h8-10H,2-5H2,1H3. The van der Waals surface area contributed by atoms with Gasteiger partial charge in [-0.05, 0) is 18.8 Å². The van der Waals surface area contributed by atoms with Gasteiger partial charge in [0.15, 0.2) is 5.82 Å². The van der Waals surface area contributed by atoms with Gasteiger partial charge in [0.25, 0.3) is 5.78 Å². The molecule has 1 fully saturated rings. The van der Waals surface area contributed by atoms with Crippen molar-refractivity contribution in [2.45, 2.75) is 25.7 Å². The largest absolute Gasteiger partial charge is 0.331 e. The molecule has 0 radical (unpaired) electrons. The molecule has 1 aliphatic rings. The molecule has 0 N–H and O–H groups in total. The summed E-state index contributed by atoms with van der Waals surface area (Å²) < 4.78 is 1.70. The summed E-state index contributed by atoms with van der Waals surface area (Å²) in [5.74, 6) is 6.42. The molecular formula is C12H14N2O. The highest BCUT2D eigenvalue weighted by atomic mass is 16.1. The number of aromatic nitrogens is 2. The third-order valence-corrected chi connectivity index (χ3v) is 2.77. The molecular weight excluding hydrogens is 188 g/mol. The fourth-order valence-corrected chi connectivity index (χ4v) is 1.88. The molecule has 78 valence electrons. The van der Waals surface area contributed by atoms with Gasteiger partial charge in [0, 0.05) is 25.4 Å². The molecule has 0 bridgehead atoms. The molecule has 1 heterocycles. The lowest BCUT2D eigenvalue weighted by molar-refractivity contribution is 0.104. The van der Waals surface area contributed by atoms with Crippen molar-refractivity contribution >= 4 is 5.78 Å². The van der Waals surface area contributed by atoms with Gasteiger partial charge in [0.05, 0.1) is 0 Å². The maximum absolute atomic E-state index is 11.6. The van der Waals surface area contributed by atoms with Gasteiger partial charge in [-0.2, -0.15) is 0 Å². The second kappa shape index (κ2) is 4.31. The zero-order valence-corrected chi connectivity index (χ0v) is 8.86. The average Bonchev–Trinajstić information content (AvgIpc) is 2.84. The van der Waals surface area contributed by atoms with E-state index in [9.17, 15) is 4.79 Å². The van der Waals surface area contributed by atoms with Gasteiger partial charge in [-0.1, -0.05) is 18.8 Å². The van der Waals surface area contributed by atoms with Crippen molar-refractivity contribution in [3.63, 3.8) is 0 Å². The summed E-state index contributed by atoms with van der Waals surface area (Å²) in [6.07, 6.45) is 8.14. The highest BCUT2D eigenvalue weighted by Crippen LogP contribution is 2.23. The molecule has 1 aromatic rings. The molecule has 15 heavy (non-hydrogen) atoms. The maximum Gasteiger partial charge on any atom is 0.271 e. The molecule has 0 saturated heterocycles. The number of Topliss-reactive ketones (excluding diaryl/α,β-unsaturated/α-hetero) is 1. The fraction of sp³-hybridized carbons (Fsp3) is 0.500. The number of carbonyl (C=O) groups excluding carboxylic acids is 1. The summed E-state index contributed by atoms with van der Waals surface area (Å²) in [6.45, 7) is 0. The first-order chi connectivity index (χ1) is 7.27. The Kier molecular flexibility index (Phi) is 2.86. The second-order valence-corrected chi connectivity index (χ2v) is 3.94. The first-order valence-electron chi connectivity index (χ1n) is 5.30. The molecule has 1 aliphatic carbocycles. The van der Waals surface area contributed by atoms with Gasteiger partial charge < -0.3 is 4.57 Å². The predicted octanol–water partition coefficient (Wildman–Crippen LogP) is 1.80. The summed E-state index contributed by atoms with van der Waals surface area (Å²) in [4.78, 5) is 15.6. The quantitative estimate of drug-likeness (QED) is 0.395. The molecule has 0 amide bonds. The Bertz CT molecular complexity index is 416. The lowest BCUT2D eigenvalue weighted by Gasteiger charge is -1.96. The van der Waals surface area contributed by atoms with E-state index in [1.807, 2.05) is 0 Å². The zero-order chi connectivity index (χ0) is 10.7. The van der Waals surface area contributed by atoms with Gasteiger partial charge in [0.2, 0.25) is 0 Å². The van der Waals surface area contributed by atoms with Crippen molar-refractivity contribution in [3.8, 4) is 11.8 Å². The molecule has 3 heteroatoms. The number of ketones is 1. The van der Waals surface area contributed by atoms with E-state index in [1.165, 1.54) is 12.8 Å². The van der Waals surface area contributed by atoms with Crippen LogP contribution in [-0.2, 0) is 7.05 Å². The Morgan fingerprint density at radius 3 is 2.87 bits per heavy atom. The molecule has 2 rings (SSSR count). The number of hydrogen-bond acceptors (Lipinski definition) is 2. The van der Waals surface area contributed by atoms with Gasteiger partial charge in [0.1, 0.15) is 0 Å². The number of nitrogens with zero attached hydrogens (tertiary/aromatic N) is 2. The van der Waals surface area contributed by atoms with E-state index in [2.05, 4.69) is 16.8 Å². The Morgan fingerprint density at radius 1 is 1.53 bits per heavy atom. The monoisotopic (exact) mass is 202 g/mol. The lowest BCUT2D eigenvalue weighted by Crippen LogP contribution is -2.05. The van der Waals surface area contributed by atoms with E-state index in [-0.39, 0.29) is 5.78 Å². The number of hydrogen-bond donors (Lipinski definition) is 0. The highest BCUT2D eigenvalue weighted by Gasteiger charge is 2.13. The van der Waals surface area contributed by atoms with E-state index in [4.69, 9.17) is 0 Å². The maximum atomic E-state index is 11.6. The summed E-state index contributed by atoms with van der Waals surface area (Å²) in [7, 11) is 1.80. The third kappa shape index (κ3) is 2.27. The van der Waals surface area contributed by atoms with Crippen LogP contribution in [0.4, 0.5) is 0 Å². The summed E-state index contributed by atoms with van der Waals surface area (Å²) in [5, 5.41) is 0. The molecule has 1 saturated carbocycles. The van der Waals surface area contributed by atoms with E-state index in [1.54, 1.807) is 24.0 Å². The molecule has 0 atom stereocenters. The highest BCUT2D eigenvalue weighted by molar-refractivity contribution is 6.06. The Morgan fingerprint density at radius 2 is 2.27 bits per heavy atom. The van der Waals surface area contributed by atoms with Crippen LogP contribution in [0.5, 0.6) is 0 Å². The molecule has 3 nitrogen and oxygen atoms in total. The minimum Gasteiger partial charge on any atom is -0.331 e. The Labute approximate surface area is 89.5 Å². The van der Waals surface area contributed by atoms with Crippen molar-refractivity contribution < 1.29 is 4.79 Å².